The molecular weight excluding hydrogens is 509 g/mol. The number of aliphatic carboxylic acids is 2. The highest BCUT2D eigenvalue weighted by atomic mass is 32.2. The lowest BCUT2D eigenvalue weighted by atomic mass is 10.1. The van der Waals surface area contributed by atoms with Gasteiger partial charge in [0.15, 0.2) is 0 Å². The number of carbonyl (C=O) groups is 2. The molecule has 2 N–H and O–H groups in total. The maximum Gasteiger partial charge on any atom is 0.430 e. The van der Waals surface area contributed by atoms with Gasteiger partial charge in [-0.05, 0) is 31.2 Å². The van der Waals surface area contributed by atoms with Crippen molar-refractivity contribution < 1.29 is 45.9 Å². The number of halogens is 3. The van der Waals surface area contributed by atoms with Gasteiger partial charge in [-0.3, -0.25) is 4.79 Å². The Balaban J connectivity index is 0.000000762. The third kappa shape index (κ3) is 11.9. The first-order valence-corrected chi connectivity index (χ1v) is 12.2. The van der Waals surface area contributed by atoms with Crippen LogP contribution in [0.4, 0.5) is 13.2 Å². The molecule has 0 aliphatic rings. The van der Waals surface area contributed by atoms with E-state index in [1.807, 2.05) is 52.3 Å². The van der Waals surface area contributed by atoms with Gasteiger partial charge in [0, 0.05) is 5.56 Å². The molecule has 0 amide bonds. The maximum absolute atomic E-state index is 12.7. The predicted octanol–water partition coefficient (Wildman–Crippen LogP) is 1.58. The van der Waals surface area contributed by atoms with E-state index in [1.54, 1.807) is 6.07 Å². The van der Waals surface area contributed by atoms with Gasteiger partial charge in [-0.15, -0.1) is 11.3 Å². The van der Waals surface area contributed by atoms with Crippen LogP contribution in [0.5, 0.6) is 0 Å². The molecule has 0 spiro atoms. The molecule has 1 atom stereocenters. The number of carboxylic acids is 2. The zero-order chi connectivity index (χ0) is 27.0. The summed E-state index contributed by atoms with van der Waals surface area (Å²) >= 11 is 1.06. The van der Waals surface area contributed by atoms with Crippen molar-refractivity contribution in [3.05, 3.63) is 52.4 Å². The van der Waals surface area contributed by atoms with E-state index in [9.17, 15) is 26.4 Å². The Bertz CT molecular complexity index is 1190. The molecule has 0 aliphatic heterocycles. The third-order valence-corrected chi connectivity index (χ3v) is 6.98. The Morgan fingerprint density at radius 2 is 1.66 bits per heavy atom. The Morgan fingerprint density at radius 3 is 2.11 bits per heavy atom. The van der Waals surface area contributed by atoms with Crippen LogP contribution >= 0.6 is 11.3 Å². The number of aryl methyl sites for hydroxylation is 1. The number of hydrogen-bond acceptors (Lipinski definition) is 6. The molecule has 192 valence electrons. The van der Waals surface area contributed by atoms with Gasteiger partial charge in [-0.25, -0.2) is 13.1 Å². The van der Waals surface area contributed by atoms with Gasteiger partial charge in [0.2, 0.25) is 0 Å². The van der Waals surface area contributed by atoms with Gasteiger partial charge in [0.25, 0.3) is 10.0 Å². The summed E-state index contributed by atoms with van der Waals surface area (Å²) < 4.78 is 60.0. The van der Waals surface area contributed by atoms with Crippen molar-refractivity contribution in [2.24, 2.45) is 0 Å². The average Bonchev–Trinajstić information content (AvgIpc) is 3.15. The van der Waals surface area contributed by atoms with Crippen molar-refractivity contribution >= 4 is 33.3 Å². The number of rotatable bonds is 7. The van der Waals surface area contributed by atoms with E-state index < -0.39 is 34.2 Å². The van der Waals surface area contributed by atoms with Gasteiger partial charge in [0.1, 0.15) is 10.2 Å². The van der Waals surface area contributed by atoms with E-state index in [4.69, 9.17) is 15.0 Å². The van der Waals surface area contributed by atoms with Gasteiger partial charge in [-0.1, -0.05) is 29.5 Å². The minimum Gasteiger partial charge on any atom is -0.542 e. The minimum absolute atomic E-state index is 0.123. The predicted molar refractivity (Wildman–Crippen MR) is 122 cm³/mol. The molecule has 1 aromatic carbocycles. The number of nitrogens with zero attached hydrogens (tertiary/aromatic N) is 1. The highest BCUT2D eigenvalue weighted by Crippen LogP contribution is 2.21. The van der Waals surface area contributed by atoms with Crippen LogP contribution in [0.2, 0.25) is 0 Å². The summed E-state index contributed by atoms with van der Waals surface area (Å²) in [6.45, 7) is 2.35. The van der Waals surface area contributed by atoms with Gasteiger partial charge >= 0.3 is 12.1 Å². The fourth-order valence-corrected chi connectivity index (χ4v) is 5.00. The van der Waals surface area contributed by atoms with Crippen molar-refractivity contribution in [3.8, 4) is 11.8 Å². The zero-order valence-electron chi connectivity index (χ0n) is 19.3. The number of carboxylic acid groups (broad SMARTS) is 2. The molecule has 0 bridgehead atoms. The molecule has 0 aliphatic carbocycles. The second kappa shape index (κ2) is 12.2. The molecule has 13 heteroatoms. The monoisotopic (exact) mass is 534 g/mol. The second-order valence-electron chi connectivity index (χ2n) is 8.41. The molecule has 0 saturated heterocycles. The molecule has 1 heterocycles. The van der Waals surface area contributed by atoms with E-state index in [1.165, 1.54) is 6.07 Å². The second-order valence-corrected chi connectivity index (χ2v) is 11.4. The highest BCUT2D eigenvalue weighted by molar-refractivity contribution is 7.91. The molecule has 2 rings (SSSR count). The number of likely N-dealkylation sites (N-methyl/N-ethyl adjacent to an activating group) is 1. The van der Waals surface area contributed by atoms with E-state index in [-0.39, 0.29) is 10.6 Å². The standard InChI is InChI=1S/C20H24N2O4S2.C2HF3O2/c1-15-5-7-16(8-6-15)9-10-18-11-12-20(27-18)28(25,26)21-17(13-19(23)24)14-22(2,3)4;3-2(4,5)1(6)7/h5-8,11-12,17,21H,13-14H2,1-4H3;(H,6,7)/t17-;/m1./s1. The van der Waals surface area contributed by atoms with Crippen LogP contribution < -0.4 is 9.83 Å². The summed E-state index contributed by atoms with van der Waals surface area (Å²) in [6.07, 6.45) is -5.47. The van der Waals surface area contributed by atoms with Crippen LogP contribution in [0.25, 0.3) is 0 Å². The number of hydrogen-bond donors (Lipinski definition) is 2. The summed E-state index contributed by atoms with van der Waals surface area (Å²) in [4.78, 5) is 20.5. The fourth-order valence-electron chi connectivity index (χ4n) is 2.60. The summed E-state index contributed by atoms with van der Waals surface area (Å²) in [5, 5.41) is 17.9. The van der Waals surface area contributed by atoms with Crippen molar-refractivity contribution in [2.75, 3.05) is 27.7 Å². The average molecular weight is 535 g/mol. The highest BCUT2D eigenvalue weighted by Gasteiger charge is 2.29. The molecule has 0 fully saturated rings. The van der Waals surface area contributed by atoms with Gasteiger partial charge < -0.3 is 19.5 Å². The molecule has 0 saturated carbocycles. The first-order valence-electron chi connectivity index (χ1n) is 9.90. The quantitative estimate of drug-likeness (QED) is 0.411. The number of sulfonamides is 1. The van der Waals surface area contributed by atoms with Crippen molar-refractivity contribution in [2.45, 2.75) is 29.8 Å². The maximum atomic E-state index is 12.7. The Hall–Kier alpha value is -2.92. The number of carbonyl (C=O) groups excluding carboxylic acids is 1. The van der Waals surface area contributed by atoms with Crippen molar-refractivity contribution in [1.29, 1.82) is 0 Å². The SMILES string of the molecule is Cc1ccc(C#Cc2ccc(S(=O)(=O)N[C@H](CC(=O)O)C[N+](C)(C)C)s2)cc1.O=C([O-])C(F)(F)F. The number of nitrogens with one attached hydrogen (secondary N) is 1. The normalized spacial score (nSPS) is 12.5. The Morgan fingerprint density at radius 1 is 1.11 bits per heavy atom. The summed E-state index contributed by atoms with van der Waals surface area (Å²) in [6, 6.07) is 10.2. The van der Waals surface area contributed by atoms with Crippen molar-refractivity contribution in [1.82, 2.24) is 4.72 Å². The fraction of sp³-hybridized carbons (Fsp3) is 0.364. The molecule has 1 aromatic heterocycles. The lowest BCUT2D eigenvalue weighted by Gasteiger charge is -2.28. The molecule has 0 unspecified atom stereocenters. The largest absolute Gasteiger partial charge is 0.542 e. The Kier molecular flexibility index (Phi) is 10.5. The third-order valence-electron chi connectivity index (χ3n) is 3.97. The smallest absolute Gasteiger partial charge is 0.430 e. The molecule has 8 nitrogen and oxygen atoms in total. The first-order chi connectivity index (χ1) is 15.9. The van der Waals surface area contributed by atoms with Crippen LogP contribution in [-0.4, -0.2) is 69.9 Å². The lowest BCUT2D eigenvalue weighted by Crippen LogP contribution is -2.49. The van der Waals surface area contributed by atoms with E-state index in [0.29, 0.717) is 15.9 Å². The number of benzene rings is 1. The lowest BCUT2D eigenvalue weighted by molar-refractivity contribution is -0.871. The zero-order valence-corrected chi connectivity index (χ0v) is 21.0. The van der Waals surface area contributed by atoms with Crippen LogP contribution in [0.15, 0.2) is 40.6 Å². The summed E-state index contributed by atoms with van der Waals surface area (Å²) in [7, 11) is 1.83. The molecule has 2 aromatic rings. The van der Waals surface area contributed by atoms with E-state index in [0.717, 1.165) is 22.5 Å². The van der Waals surface area contributed by atoms with E-state index >= 15 is 0 Å². The Labute approximate surface area is 205 Å². The number of quaternary nitrogens is 1. The first kappa shape index (κ1) is 30.1. The summed E-state index contributed by atoms with van der Waals surface area (Å²) in [5.74, 6) is 1.94. The van der Waals surface area contributed by atoms with Crippen LogP contribution in [0.3, 0.4) is 0 Å². The summed E-state index contributed by atoms with van der Waals surface area (Å²) in [5.41, 5.74) is 2.00. The van der Waals surface area contributed by atoms with E-state index in [2.05, 4.69) is 16.6 Å². The van der Waals surface area contributed by atoms with Crippen molar-refractivity contribution in [3.63, 3.8) is 0 Å². The molecule has 35 heavy (non-hydrogen) atoms. The minimum atomic E-state index is -5.19. The number of thiophene rings is 1. The topological polar surface area (TPSA) is 124 Å². The van der Waals surface area contributed by atoms with Crippen LogP contribution in [0, 0.1) is 18.8 Å². The van der Waals surface area contributed by atoms with Gasteiger partial charge in [-0.2, -0.15) is 13.2 Å². The van der Waals surface area contributed by atoms with Gasteiger partial charge in [0.05, 0.1) is 45.0 Å². The van der Waals surface area contributed by atoms with Crippen LogP contribution in [-0.2, 0) is 19.6 Å². The molecular formula is C22H25F3N2O6S2. The molecule has 0 radical (unpaired) electrons. The number of alkyl halides is 3. The van der Waals surface area contributed by atoms with Crippen LogP contribution in [0.1, 0.15) is 22.4 Å².